The molecule has 1 unspecified atom stereocenters. The van der Waals surface area contributed by atoms with Gasteiger partial charge in [0, 0.05) is 18.8 Å². The molecule has 0 saturated carbocycles. The molecule has 0 amide bonds. The lowest BCUT2D eigenvalue weighted by atomic mass is 10.2. The number of rotatable bonds is 4. The van der Waals surface area contributed by atoms with Crippen LogP contribution in [0.25, 0.3) is 0 Å². The molecule has 1 N–H and O–H groups in total. The minimum Gasteiger partial charge on any atom is -0.302 e. The third-order valence-electron chi connectivity index (χ3n) is 3.19. The normalized spacial score (nSPS) is 21.3. The van der Waals surface area contributed by atoms with Crippen molar-refractivity contribution in [3.63, 3.8) is 0 Å². The largest absolute Gasteiger partial charge is 0.302 e. The van der Waals surface area contributed by atoms with Crippen molar-refractivity contribution < 1.29 is 8.42 Å². The Morgan fingerprint density at radius 1 is 1.61 bits per heavy atom. The van der Waals surface area contributed by atoms with Crippen LogP contribution in [0.15, 0.2) is 23.2 Å². The molecule has 2 heterocycles. The van der Waals surface area contributed by atoms with Crippen molar-refractivity contribution in [2.24, 2.45) is 0 Å². The summed E-state index contributed by atoms with van der Waals surface area (Å²) in [6.45, 7) is 1.45. The predicted molar refractivity (Wildman–Crippen MR) is 70.1 cm³/mol. The Hall–Kier alpha value is -0.690. The molecule has 2 rings (SSSR count). The van der Waals surface area contributed by atoms with Gasteiger partial charge in [0.05, 0.1) is 4.90 Å². The molecule has 1 aromatic heterocycles. The fourth-order valence-corrected chi connectivity index (χ4v) is 3.40. The number of halogens is 1. The lowest BCUT2D eigenvalue weighted by molar-refractivity contribution is 0.311. The Bertz CT molecular complexity index is 521. The standard InChI is InChI=1S/C11H16ClN3O2S/c1-15-6-2-3-9(15)8-14-18(16,17)10-4-5-13-11(12)7-10/h4-5,7,9,14H,2-3,6,8H2,1H3. The molecular formula is C11H16ClN3O2S. The SMILES string of the molecule is CN1CCCC1CNS(=O)(=O)c1ccnc(Cl)c1. The zero-order valence-electron chi connectivity index (χ0n) is 10.1. The molecular weight excluding hydrogens is 274 g/mol. The molecule has 1 aliphatic heterocycles. The summed E-state index contributed by atoms with van der Waals surface area (Å²) in [4.78, 5) is 6.09. The highest BCUT2D eigenvalue weighted by atomic mass is 35.5. The first kappa shape index (κ1) is 13.7. The molecule has 0 radical (unpaired) electrons. The Morgan fingerprint density at radius 2 is 2.39 bits per heavy atom. The van der Waals surface area contributed by atoms with E-state index in [4.69, 9.17) is 11.6 Å². The van der Waals surface area contributed by atoms with Gasteiger partial charge in [-0.2, -0.15) is 0 Å². The van der Waals surface area contributed by atoms with Crippen molar-refractivity contribution in [2.75, 3.05) is 20.1 Å². The van der Waals surface area contributed by atoms with Gasteiger partial charge in [-0.05, 0) is 38.6 Å². The van der Waals surface area contributed by atoms with Gasteiger partial charge in [0.2, 0.25) is 10.0 Å². The highest BCUT2D eigenvalue weighted by molar-refractivity contribution is 7.89. The van der Waals surface area contributed by atoms with E-state index in [0.29, 0.717) is 6.54 Å². The van der Waals surface area contributed by atoms with Gasteiger partial charge in [0.1, 0.15) is 5.15 Å². The maximum Gasteiger partial charge on any atom is 0.240 e. The van der Waals surface area contributed by atoms with Gasteiger partial charge in [0.25, 0.3) is 0 Å². The number of aromatic nitrogens is 1. The number of nitrogens with one attached hydrogen (secondary N) is 1. The van der Waals surface area contributed by atoms with E-state index in [1.165, 1.54) is 18.3 Å². The van der Waals surface area contributed by atoms with Crippen LogP contribution in [0.3, 0.4) is 0 Å². The van der Waals surface area contributed by atoms with Crippen molar-refractivity contribution >= 4 is 21.6 Å². The molecule has 1 fully saturated rings. The van der Waals surface area contributed by atoms with Gasteiger partial charge in [0.15, 0.2) is 0 Å². The highest BCUT2D eigenvalue weighted by Crippen LogP contribution is 2.16. The summed E-state index contributed by atoms with van der Waals surface area (Å²) in [6.07, 6.45) is 3.53. The molecule has 18 heavy (non-hydrogen) atoms. The first-order chi connectivity index (χ1) is 8.49. The molecule has 100 valence electrons. The summed E-state index contributed by atoms with van der Waals surface area (Å²) in [6, 6.07) is 3.06. The Labute approximate surface area is 112 Å². The summed E-state index contributed by atoms with van der Waals surface area (Å²) < 4.78 is 26.7. The van der Waals surface area contributed by atoms with Crippen LogP contribution in [-0.2, 0) is 10.0 Å². The van der Waals surface area contributed by atoms with E-state index in [2.05, 4.69) is 14.6 Å². The third-order valence-corrected chi connectivity index (χ3v) is 4.82. The third kappa shape index (κ3) is 3.20. The van der Waals surface area contributed by atoms with Gasteiger partial charge < -0.3 is 4.90 Å². The van der Waals surface area contributed by atoms with Gasteiger partial charge >= 0.3 is 0 Å². The predicted octanol–water partition coefficient (Wildman–Crippen LogP) is 1.11. The lowest BCUT2D eigenvalue weighted by Crippen LogP contribution is -2.38. The van der Waals surface area contributed by atoms with Gasteiger partial charge in [-0.3, -0.25) is 0 Å². The van der Waals surface area contributed by atoms with Gasteiger partial charge in [-0.25, -0.2) is 18.1 Å². The molecule has 5 nitrogen and oxygen atoms in total. The topological polar surface area (TPSA) is 62.3 Å². The average molecular weight is 290 g/mol. The van der Waals surface area contributed by atoms with Crippen LogP contribution >= 0.6 is 11.6 Å². The second-order valence-electron chi connectivity index (χ2n) is 4.44. The van der Waals surface area contributed by atoms with Crippen LogP contribution < -0.4 is 4.72 Å². The van der Waals surface area contributed by atoms with E-state index in [1.54, 1.807) is 0 Å². The number of nitrogens with zero attached hydrogens (tertiary/aromatic N) is 2. The van der Waals surface area contributed by atoms with E-state index in [9.17, 15) is 8.42 Å². The minimum absolute atomic E-state index is 0.156. The monoisotopic (exact) mass is 289 g/mol. The van der Waals surface area contributed by atoms with Crippen molar-refractivity contribution in [3.05, 3.63) is 23.5 Å². The Morgan fingerprint density at radius 3 is 3.00 bits per heavy atom. The van der Waals surface area contributed by atoms with Crippen LogP contribution in [0.5, 0.6) is 0 Å². The van der Waals surface area contributed by atoms with Crippen LogP contribution in [0.1, 0.15) is 12.8 Å². The second kappa shape index (κ2) is 5.52. The fourth-order valence-electron chi connectivity index (χ4n) is 2.08. The zero-order valence-corrected chi connectivity index (χ0v) is 11.7. The van der Waals surface area contributed by atoms with Crippen molar-refractivity contribution in [2.45, 2.75) is 23.8 Å². The maximum absolute atomic E-state index is 12.0. The van der Waals surface area contributed by atoms with E-state index in [0.717, 1.165) is 19.4 Å². The van der Waals surface area contributed by atoms with E-state index in [1.807, 2.05) is 7.05 Å². The van der Waals surface area contributed by atoms with Crippen molar-refractivity contribution in [1.82, 2.24) is 14.6 Å². The molecule has 1 aromatic rings. The summed E-state index contributed by atoms with van der Waals surface area (Å²) in [5.41, 5.74) is 0. The molecule has 0 aromatic carbocycles. The lowest BCUT2D eigenvalue weighted by Gasteiger charge is -2.19. The molecule has 1 saturated heterocycles. The maximum atomic E-state index is 12.0. The Kier molecular flexibility index (Phi) is 4.21. The first-order valence-electron chi connectivity index (χ1n) is 5.80. The number of pyridine rings is 1. The zero-order chi connectivity index (χ0) is 13.2. The molecule has 0 aliphatic carbocycles. The Balaban J connectivity index is 2.03. The summed E-state index contributed by atoms with van der Waals surface area (Å²) in [5.74, 6) is 0. The molecule has 0 bridgehead atoms. The molecule has 0 spiro atoms. The van der Waals surface area contributed by atoms with E-state index >= 15 is 0 Å². The van der Waals surface area contributed by atoms with Crippen LogP contribution in [-0.4, -0.2) is 44.5 Å². The van der Waals surface area contributed by atoms with Crippen LogP contribution in [0, 0.1) is 0 Å². The minimum atomic E-state index is -3.49. The second-order valence-corrected chi connectivity index (χ2v) is 6.60. The van der Waals surface area contributed by atoms with Crippen LogP contribution in [0.2, 0.25) is 5.15 Å². The van der Waals surface area contributed by atoms with E-state index < -0.39 is 10.0 Å². The summed E-state index contributed by atoms with van der Waals surface area (Å²) >= 11 is 5.69. The smallest absolute Gasteiger partial charge is 0.240 e. The average Bonchev–Trinajstić information content (AvgIpc) is 2.72. The molecule has 1 aliphatic rings. The van der Waals surface area contributed by atoms with Gasteiger partial charge in [-0.15, -0.1) is 0 Å². The number of likely N-dealkylation sites (N-methyl/N-ethyl adjacent to an activating group) is 1. The highest BCUT2D eigenvalue weighted by Gasteiger charge is 2.23. The summed E-state index contributed by atoms with van der Waals surface area (Å²) in [7, 11) is -1.49. The van der Waals surface area contributed by atoms with Crippen molar-refractivity contribution in [1.29, 1.82) is 0 Å². The molecule has 1 atom stereocenters. The number of sulfonamides is 1. The van der Waals surface area contributed by atoms with Gasteiger partial charge in [-0.1, -0.05) is 11.6 Å². The van der Waals surface area contributed by atoms with Crippen molar-refractivity contribution in [3.8, 4) is 0 Å². The summed E-state index contributed by atoms with van der Waals surface area (Å²) in [5, 5.41) is 0.177. The van der Waals surface area contributed by atoms with Crippen LogP contribution in [0.4, 0.5) is 0 Å². The molecule has 7 heteroatoms. The number of hydrogen-bond donors (Lipinski definition) is 1. The quantitative estimate of drug-likeness (QED) is 0.844. The van der Waals surface area contributed by atoms with E-state index in [-0.39, 0.29) is 16.1 Å². The number of likely N-dealkylation sites (tertiary alicyclic amines) is 1. The fraction of sp³-hybridized carbons (Fsp3) is 0.545. The first-order valence-corrected chi connectivity index (χ1v) is 7.66. The number of hydrogen-bond acceptors (Lipinski definition) is 4.